The number of likely N-dealkylation sites (N-methyl/N-ethyl adjacent to an activating group) is 1. The van der Waals surface area contributed by atoms with Crippen molar-refractivity contribution in [1.29, 1.82) is 0 Å². The van der Waals surface area contributed by atoms with E-state index in [4.69, 9.17) is 21.1 Å². The van der Waals surface area contributed by atoms with Gasteiger partial charge in [-0.1, -0.05) is 25.4 Å². The minimum Gasteiger partial charge on any atom is -0.493 e. The van der Waals surface area contributed by atoms with Crippen LogP contribution in [0.4, 0.5) is 0 Å². The number of nitrogens with zero attached hydrogens (tertiary/aromatic N) is 1. The second-order valence-electron chi connectivity index (χ2n) is 6.90. The highest BCUT2D eigenvalue weighted by Crippen LogP contribution is 2.37. The van der Waals surface area contributed by atoms with Gasteiger partial charge in [0.1, 0.15) is 0 Å². The molecule has 1 aromatic rings. The number of methoxy groups -OCH3 is 1. The van der Waals surface area contributed by atoms with Gasteiger partial charge in [-0.2, -0.15) is 0 Å². The summed E-state index contributed by atoms with van der Waals surface area (Å²) in [6.07, 6.45) is 3.02. The van der Waals surface area contributed by atoms with Gasteiger partial charge in [0, 0.05) is 24.7 Å². The molecule has 0 spiro atoms. The highest BCUT2D eigenvalue weighted by atomic mass is 35.5. The topological polar surface area (TPSA) is 50.8 Å². The van der Waals surface area contributed by atoms with Crippen molar-refractivity contribution in [2.75, 3.05) is 33.9 Å². The van der Waals surface area contributed by atoms with Crippen LogP contribution in [0.5, 0.6) is 11.5 Å². The smallest absolute Gasteiger partial charge is 0.254 e. The molecule has 1 saturated heterocycles. The highest BCUT2D eigenvalue weighted by Gasteiger charge is 2.25. The first-order valence-electron chi connectivity index (χ1n) is 8.93. The van der Waals surface area contributed by atoms with E-state index in [1.165, 1.54) is 0 Å². The van der Waals surface area contributed by atoms with Gasteiger partial charge in [-0.25, -0.2) is 0 Å². The molecule has 1 N–H and O–H groups in total. The molecular weight excluding hydrogens is 340 g/mol. The van der Waals surface area contributed by atoms with Crippen LogP contribution in [0.25, 0.3) is 0 Å². The van der Waals surface area contributed by atoms with Crippen molar-refractivity contribution in [3.63, 3.8) is 0 Å². The predicted molar refractivity (Wildman–Crippen MR) is 101 cm³/mol. The first kappa shape index (κ1) is 19.9. The van der Waals surface area contributed by atoms with Crippen molar-refractivity contribution in [1.82, 2.24) is 10.2 Å². The molecule has 1 aliphatic rings. The second kappa shape index (κ2) is 9.30. The maximum absolute atomic E-state index is 12.8. The Labute approximate surface area is 155 Å². The van der Waals surface area contributed by atoms with E-state index < -0.39 is 0 Å². The van der Waals surface area contributed by atoms with E-state index in [1.807, 2.05) is 11.9 Å². The number of nitrogens with one attached hydrogen (secondary N) is 1. The zero-order valence-corrected chi connectivity index (χ0v) is 16.4. The van der Waals surface area contributed by atoms with E-state index >= 15 is 0 Å². The number of piperidine rings is 1. The quantitative estimate of drug-likeness (QED) is 0.799. The standard InChI is InChI=1S/C19H29ClN2O3/c1-13(2)7-9-25-18-16(20)10-14(11-17(18)24-4)19(23)22-8-5-6-15(12-22)21-3/h10-11,13,15,21H,5-9,12H2,1-4H3. The molecule has 1 unspecified atom stereocenters. The number of rotatable bonds is 7. The average Bonchev–Trinajstić information content (AvgIpc) is 2.61. The first-order valence-corrected chi connectivity index (χ1v) is 9.31. The van der Waals surface area contributed by atoms with Gasteiger partial charge in [-0.05, 0) is 44.4 Å². The van der Waals surface area contributed by atoms with Crippen LogP contribution >= 0.6 is 11.6 Å². The zero-order valence-electron chi connectivity index (χ0n) is 15.6. The average molecular weight is 369 g/mol. The van der Waals surface area contributed by atoms with Crippen LogP contribution in [0.3, 0.4) is 0 Å². The summed E-state index contributed by atoms with van der Waals surface area (Å²) in [5, 5.41) is 3.66. The summed E-state index contributed by atoms with van der Waals surface area (Å²) in [5.41, 5.74) is 0.537. The molecule has 0 aromatic heterocycles. The molecule has 1 aromatic carbocycles. The SMILES string of the molecule is CNC1CCCN(C(=O)c2cc(Cl)c(OCCC(C)C)c(OC)c2)C1. The summed E-state index contributed by atoms with van der Waals surface area (Å²) in [7, 11) is 3.50. The van der Waals surface area contributed by atoms with Crippen LogP contribution < -0.4 is 14.8 Å². The third-order valence-electron chi connectivity index (χ3n) is 4.53. The van der Waals surface area contributed by atoms with Gasteiger partial charge in [-0.15, -0.1) is 0 Å². The van der Waals surface area contributed by atoms with Crippen LogP contribution in [0, 0.1) is 5.92 Å². The lowest BCUT2D eigenvalue weighted by atomic mass is 10.0. The van der Waals surface area contributed by atoms with E-state index in [9.17, 15) is 4.79 Å². The molecule has 6 heteroatoms. The van der Waals surface area contributed by atoms with Crippen molar-refractivity contribution in [3.05, 3.63) is 22.7 Å². The molecule has 0 radical (unpaired) electrons. The minimum absolute atomic E-state index is 0.0196. The van der Waals surface area contributed by atoms with Crippen LogP contribution in [-0.4, -0.2) is 50.7 Å². The van der Waals surface area contributed by atoms with Crippen LogP contribution in [0.15, 0.2) is 12.1 Å². The summed E-state index contributed by atoms with van der Waals surface area (Å²) in [6, 6.07) is 3.75. The maximum atomic E-state index is 12.8. The summed E-state index contributed by atoms with van der Waals surface area (Å²) in [5.74, 6) is 1.54. The number of likely N-dealkylation sites (tertiary alicyclic amines) is 1. The number of hydrogen-bond acceptors (Lipinski definition) is 4. The number of amides is 1. The zero-order chi connectivity index (χ0) is 18.4. The van der Waals surface area contributed by atoms with Crippen molar-refractivity contribution >= 4 is 17.5 Å². The van der Waals surface area contributed by atoms with Gasteiger partial charge in [-0.3, -0.25) is 4.79 Å². The fourth-order valence-corrected chi connectivity index (χ4v) is 3.23. The molecule has 1 aliphatic heterocycles. The Morgan fingerprint density at radius 2 is 2.20 bits per heavy atom. The third-order valence-corrected chi connectivity index (χ3v) is 4.82. The van der Waals surface area contributed by atoms with Crippen molar-refractivity contribution < 1.29 is 14.3 Å². The molecule has 140 valence electrons. The lowest BCUT2D eigenvalue weighted by Gasteiger charge is -2.32. The van der Waals surface area contributed by atoms with Gasteiger partial charge in [0.05, 0.1) is 18.7 Å². The molecular formula is C19H29ClN2O3. The van der Waals surface area contributed by atoms with Crippen molar-refractivity contribution in [3.8, 4) is 11.5 Å². The molecule has 2 rings (SSSR count). The molecule has 0 aliphatic carbocycles. The first-order chi connectivity index (χ1) is 12.0. The Balaban J connectivity index is 2.16. The van der Waals surface area contributed by atoms with Gasteiger partial charge in [0.25, 0.3) is 5.91 Å². The van der Waals surface area contributed by atoms with Crippen LogP contribution in [-0.2, 0) is 0 Å². The fraction of sp³-hybridized carbons (Fsp3) is 0.632. The number of carbonyl (C=O) groups is 1. The van der Waals surface area contributed by atoms with Gasteiger partial charge < -0.3 is 19.7 Å². The van der Waals surface area contributed by atoms with Gasteiger partial charge >= 0.3 is 0 Å². The minimum atomic E-state index is -0.0196. The predicted octanol–water partition coefficient (Wildman–Crippen LogP) is 3.60. The molecule has 5 nitrogen and oxygen atoms in total. The molecule has 25 heavy (non-hydrogen) atoms. The van der Waals surface area contributed by atoms with E-state index in [1.54, 1.807) is 19.2 Å². The summed E-state index contributed by atoms with van der Waals surface area (Å²) in [4.78, 5) is 14.7. The molecule has 1 amide bonds. The van der Waals surface area contributed by atoms with E-state index in [0.717, 1.165) is 25.8 Å². The Morgan fingerprint density at radius 1 is 1.44 bits per heavy atom. The summed E-state index contributed by atoms with van der Waals surface area (Å²) < 4.78 is 11.2. The van der Waals surface area contributed by atoms with Crippen LogP contribution in [0.2, 0.25) is 5.02 Å². The maximum Gasteiger partial charge on any atom is 0.254 e. The van der Waals surface area contributed by atoms with Gasteiger partial charge in [0.2, 0.25) is 0 Å². The molecule has 1 atom stereocenters. The Morgan fingerprint density at radius 3 is 2.84 bits per heavy atom. The second-order valence-corrected chi connectivity index (χ2v) is 7.31. The third kappa shape index (κ3) is 5.25. The van der Waals surface area contributed by atoms with Gasteiger partial charge in [0.15, 0.2) is 11.5 Å². The largest absolute Gasteiger partial charge is 0.493 e. The molecule has 0 bridgehead atoms. The molecule has 1 fully saturated rings. The van der Waals surface area contributed by atoms with Crippen molar-refractivity contribution in [2.45, 2.75) is 39.2 Å². The summed E-state index contributed by atoms with van der Waals surface area (Å²) in [6.45, 7) is 6.32. The molecule has 0 saturated carbocycles. The van der Waals surface area contributed by atoms with E-state index in [0.29, 0.717) is 47.2 Å². The van der Waals surface area contributed by atoms with E-state index in [2.05, 4.69) is 19.2 Å². The lowest BCUT2D eigenvalue weighted by molar-refractivity contribution is 0.0697. The van der Waals surface area contributed by atoms with Crippen molar-refractivity contribution in [2.24, 2.45) is 5.92 Å². The number of benzene rings is 1. The Kier molecular flexibility index (Phi) is 7.38. The Hall–Kier alpha value is -1.46. The summed E-state index contributed by atoms with van der Waals surface area (Å²) >= 11 is 6.38. The van der Waals surface area contributed by atoms with Crippen LogP contribution in [0.1, 0.15) is 43.5 Å². The monoisotopic (exact) mass is 368 g/mol. The highest BCUT2D eigenvalue weighted by molar-refractivity contribution is 6.32. The lowest BCUT2D eigenvalue weighted by Crippen LogP contribution is -2.46. The molecule has 1 heterocycles. The number of hydrogen-bond donors (Lipinski definition) is 1. The number of ether oxygens (including phenoxy) is 2. The normalized spacial score (nSPS) is 17.7. The Bertz CT molecular complexity index is 592. The fourth-order valence-electron chi connectivity index (χ4n) is 2.96. The van der Waals surface area contributed by atoms with E-state index in [-0.39, 0.29) is 5.91 Å². The number of halogens is 1. The number of carbonyl (C=O) groups excluding carboxylic acids is 1.